The van der Waals surface area contributed by atoms with Crippen LogP contribution < -0.4 is 10.5 Å². The van der Waals surface area contributed by atoms with E-state index in [4.69, 9.17) is 10.5 Å². The first kappa shape index (κ1) is 12.4. The molecule has 0 heterocycles. The minimum Gasteiger partial charge on any atom is -0.489 e. The lowest BCUT2D eigenvalue weighted by Gasteiger charge is -2.11. The van der Waals surface area contributed by atoms with Crippen LogP contribution >= 0.6 is 0 Å². The third kappa shape index (κ3) is 2.62. The Balaban J connectivity index is 2.14. The van der Waals surface area contributed by atoms with Crippen LogP contribution in [-0.2, 0) is 6.61 Å². The molecule has 0 radical (unpaired) electrons. The molecule has 0 amide bonds. The zero-order chi connectivity index (χ0) is 13.1. The van der Waals surface area contributed by atoms with E-state index in [9.17, 15) is 4.39 Å². The molecule has 2 aromatic rings. The molecule has 0 fully saturated rings. The molecular weight excluding hydrogens is 229 g/mol. The molecule has 0 saturated heterocycles. The summed E-state index contributed by atoms with van der Waals surface area (Å²) in [5.74, 6) is 0.365. The van der Waals surface area contributed by atoms with Gasteiger partial charge in [0.1, 0.15) is 12.4 Å². The van der Waals surface area contributed by atoms with Gasteiger partial charge in [-0.25, -0.2) is 4.39 Å². The van der Waals surface area contributed by atoms with Crippen molar-refractivity contribution in [2.45, 2.75) is 20.5 Å². The van der Waals surface area contributed by atoms with Crippen LogP contribution in [0, 0.1) is 19.7 Å². The number of aryl methyl sites for hydroxylation is 2. The maximum absolute atomic E-state index is 13.7. The van der Waals surface area contributed by atoms with Gasteiger partial charge in [-0.1, -0.05) is 29.8 Å². The summed E-state index contributed by atoms with van der Waals surface area (Å²) in [7, 11) is 0. The van der Waals surface area contributed by atoms with Crippen LogP contribution in [0.25, 0.3) is 0 Å². The first-order valence-corrected chi connectivity index (χ1v) is 5.81. The lowest BCUT2D eigenvalue weighted by molar-refractivity contribution is 0.298. The quantitative estimate of drug-likeness (QED) is 0.838. The average molecular weight is 245 g/mol. The second kappa shape index (κ2) is 5.08. The van der Waals surface area contributed by atoms with Gasteiger partial charge in [-0.05, 0) is 31.5 Å². The molecule has 0 unspecified atom stereocenters. The summed E-state index contributed by atoms with van der Waals surface area (Å²) in [5.41, 5.74) is 8.34. The number of nitrogens with two attached hydrogens (primary N) is 1. The molecule has 2 nitrogen and oxygen atoms in total. The molecule has 3 heteroatoms. The predicted octanol–water partition coefficient (Wildman–Crippen LogP) is 3.60. The maximum atomic E-state index is 13.7. The predicted molar refractivity (Wildman–Crippen MR) is 71.1 cm³/mol. The molecule has 0 bridgehead atoms. The van der Waals surface area contributed by atoms with E-state index in [1.165, 1.54) is 11.6 Å². The number of anilines is 1. The van der Waals surface area contributed by atoms with Crippen molar-refractivity contribution in [3.63, 3.8) is 0 Å². The molecular formula is C15H16FNO. The third-order valence-electron chi connectivity index (χ3n) is 2.82. The minimum atomic E-state index is -0.401. The van der Waals surface area contributed by atoms with E-state index in [0.29, 0.717) is 5.56 Å². The largest absolute Gasteiger partial charge is 0.489 e. The summed E-state index contributed by atoms with van der Waals surface area (Å²) in [5, 5.41) is 0. The van der Waals surface area contributed by atoms with Gasteiger partial charge < -0.3 is 10.5 Å². The molecule has 18 heavy (non-hydrogen) atoms. The zero-order valence-corrected chi connectivity index (χ0v) is 10.5. The summed E-state index contributed by atoms with van der Waals surface area (Å²) in [6.45, 7) is 4.17. The van der Waals surface area contributed by atoms with Crippen LogP contribution in [0.1, 0.15) is 16.7 Å². The van der Waals surface area contributed by atoms with Gasteiger partial charge in [-0.2, -0.15) is 0 Å². The van der Waals surface area contributed by atoms with Gasteiger partial charge in [0.2, 0.25) is 0 Å². The fourth-order valence-corrected chi connectivity index (χ4v) is 1.83. The standard InChI is InChI=1S/C15H16FNO/c1-10-6-7-14(11(2)8-10)18-9-12-4-3-5-13(17)15(12)16/h3-8H,9,17H2,1-2H3. The molecule has 94 valence electrons. The molecule has 0 atom stereocenters. The summed E-state index contributed by atoms with van der Waals surface area (Å²) >= 11 is 0. The van der Waals surface area contributed by atoms with Gasteiger partial charge in [0.05, 0.1) is 5.69 Å². The van der Waals surface area contributed by atoms with Crippen molar-refractivity contribution in [3.05, 3.63) is 58.9 Å². The lowest BCUT2D eigenvalue weighted by atomic mass is 10.1. The average Bonchev–Trinajstić information content (AvgIpc) is 2.33. The van der Waals surface area contributed by atoms with E-state index < -0.39 is 5.82 Å². The Labute approximate surface area is 106 Å². The van der Waals surface area contributed by atoms with E-state index in [-0.39, 0.29) is 12.3 Å². The van der Waals surface area contributed by atoms with Crippen molar-refractivity contribution in [1.29, 1.82) is 0 Å². The van der Waals surface area contributed by atoms with Crippen LogP contribution in [0.5, 0.6) is 5.75 Å². The first-order valence-electron chi connectivity index (χ1n) is 5.81. The number of rotatable bonds is 3. The number of hydrogen-bond donors (Lipinski definition) is 1. The highest BCUT2D eigenvalue weighted by atomic mass is 19.1. The summed E-state index contributed by atoms with van der Waals surface area (Å²) in [6.07, 6.45) is 0. The Kier molecular flexibility index (Phi) is 3.51. The molecule has 2 rings (SSSR count). The highest BCUT2D eigenvalue weighted by Crippen LogP contribution is 2.21. The maximum Gasteiger partial charge on any atom is 0.152 e. The molecule has 0 spiro atoms. The van der Waals surface area contributed by atoms with E-state index in [1.54, 1.807) is 12.1 Å². The monoisotopic (exact) mass is 245 g/mol. The molecule has 0 aromatic heterocycles. The Morgan fingerprint density at radius 1 is 1.17 bits per heavy atom. The summed E-state index contributed by atoms with van der Waals surface area (Å²) < 4.78 is 19.3. The SMILES string of the molecule is Cc1ccc(OCc2cccc(N)c2F)c(C)c1. The Hall–Kier alpha value is -2.03. The Morgan fingerprint density at radius 3 is 2.67 bits per heavy atom. The van der Waals surface area contributed by atoms with Gasteiger partial charge in [0.25, 0.3) is 0 Å². The van der Waals surface area contributed by atoms with Crippen LogP contribution in [0.2, 0.25) is 0 Å². The third-order valence-corrected chi connectivity index (χ3v) is 2.82. The van der Waals surface area contributed by atoms with Crippen molar-refractivity contribution in [2.24, 2.45) is 0 Å². The second-order valence-corrected chi connectivity index (χ2v) is 4.38. The topological polar surface area (TPSA) is 35.2 Å². The van der Waals surface area contributed by atoms with Crippen molar-refractivity contribution in [2.75, 3.05) is 5.73 Å². The molecule has 0 saturated carbocycles. The van der Waals surface area contributed by atoms with Gasteiger partial charge in [0.15, 0.2) is 5.82 Å². The molecule has 0 aliphatic heterocycles. The Morgan fingerprint density at radius 2 is 1.94 bits per heavy atom. The fraction of sp³-hybridized carbons (Fsp3) is 0.200. The molecule has 2 N–H and O–H groups in total. The molecule has 2 aromatic carbocycles. The second-order valence-electron chi connectivity index (χ2n) is 4.38. The van der Waals surface area contributed by atoms with E-state index >= 15 is 0 Å². The highest BCUT2D eigenvalue weighted by Gasteiger charge is 2.07. The van der Waals surface area contributed by atoms with Crippen LogP contribution in [0.3, 0.4) is 0 Å². The molecule has 0 aliphatic carbocycles. The minimum absolute atomic E-state index is 0.150. The van der Waals surface area contributed by atoms with Crippen molar-refractivity contribution >= 4 is 5.69 Å². The zero-order valence-electron chi connectivity index (χ0n) is 10.5. The van der Waals surface area contributed by atoms with Crippen LogP contribution in [0.4, 0.5) is 10.1 Å². The van der Waals surface area contributed by atoms with E-state index in [0.717, 1.165) is 11.3 Å². The van der Waals surface area contributed by atoms with Crippen molar-refractivity contribution in [3.8, 4) is 5.75 Å². The highest BCUT2D eigenvalue weighted by molar-refractivity contribution is 5.43. The first-order chi connectivity index (χ1) is 8.58. The van der Waals surface area contributed by atoms with Crippen molar-refractivity contribution in [1.82, 2.24) is 0 Å². The number of benzene rings is 2. The van der Waals surface area contributed by atoms with E-state index in [2.05, 4.69) is 0 Å². The number of hydrogen-bond acceptors (Lipinski definition) is 2. The van der Waals surface area contributed by atoms with Gasteiger partial charge >= 0.3 is 0 Å². The van der Waals surface area contributed by atoms with Crippen LogP contribution in [0.15, 0.2) is 36.4 Å². The fourth-order valence-electron chi connectivity index (χ4n) is 1.83. The summed E-state index contributed by atoms with van der Waals surface area (Å²) in [6, 6.07) is 10.8. The normalized spacial score (nSPS) is 10.4. The van der Waals surface area contributed by atoms with Gasteiger partial charge in [0, 0.05) is 5.56 Å². The van der Waals surface area contributed by atoms with Crippen molar-refractivity contribution < 1.29 is 9.13 Å². The Bertz CT molecular complexity index is 566. The van der Waals surface area contributed by atoms with Gasteiger partial charge in [-0.15, -0.1) is 0 Å². The number of halogens is 1. The smallest absolute Gasteiger partial charge is 0.152 e. The lowest BCUT2D eigenvalue weighted by Crippen LogP contribution is -2.02. The van der Waals surface area contributed by atoms with Crippen LogP contribution in [-0.4, -0.2) is 0 Å². The van der Waals surface area contributed by atoms with E-state index in [1.807, 2.05) is 32.0 Å². The number of ether oxygens (including phenoxy) is 1. The summed E-state index contributed by atoms with van der Waals surface area (Å²) in [4.78, 5) is 0. The van der Waals surface area contributed by atoms with Gasteiger partial charge in [-0.3, -0.25) is 0 Å². The number of nitrogen functional groups attached to an aromatic ring is 1. The molecule has 0 aliphatic rings.